The van der Waals surface area contributed by atoms with E-state index in [-0.39, 0.29) is 57.9 Å². The predicted octanol–water partition coefficient (Wildman–Crippen LogP) is 13.0. The van der Waals surface area contributed by atoms with Crippen molar-refractivity contribution in [1.82, 2.24) is 9.97 Å². The minimum atomic E-state index is -0.167. The number of hydrogen-bond donors (Lipinski definition) is 0. The molecule has 0 bridgehead atoms. The first-order valence-electron chi connectivity index (χ1n) is 23.4. The Bertz CT molecular complexity index is 3150. The van der Waals surface area contributed by atoms with Crippen LogP contribution in [0.5, 0.6) is 11.5 Å². The van der Waals surface area contributed by atoms with E-state index < -0.39 is 0 Å². The number of nitriles is 2. The van der Waals surface area contributed by atoms with Gasteiger partial charge in [-0.25, -0.2) is 16.6 Å². The van der Waals surface area contributed by atoms with Crippen molar-refractivity contribution in [2.75, 3.05) is 49.5 Å². The second-order valence-electron chi connectivity index (χ2n) is 18.1. The van der Waals surface area contributed by atoms with Crippen molar-refractivity contribution in [2.45, 2.75) is 39.0 Å². The zero-order valence-electron chi connectivity index (χ0n) is 40.5. The summed E-state index contributed by atoms with van der Waals surface area (Å²) >= 11 is 0. The quantitative estimate of drug-likeness (QED) is 0.0914. The van der Waals surface area contributed by atoms with Crippen LogP contribution < -0.4 is 34.1 Å². The summed E-state index contributed by atoms with van der Waals surface area (Å²) in [5.41, 5.74) is 12.3. The van der Waals surface area contributed by atoms with Crippen LogP contribution in [-0.2, 0) is 46.6 Å². The molecule has 0 fully saturated rings. The number of para-hydroxylation sites is 8. The van der Waals surface area contributed by atoms with E-state index in [2.05, 4.69) is 201 Å². The maximum Gasteiger partial charge on any atom is 0.0369 e. The second-order valence-corrected chi connectivity index (χ2v) is 18.1. The van der Waals surface area contributed by atoms with Crippen LogP contribution in [0.3, 0.4) is 0 Å². The molecule has 0 N–H and O–H groups in total. The summed E-state index contributed by atoms with van der Waals surface area (Å²) in [6.07, 6.45) is 5.06. The van der Waals surface area contributed by atoms with E-state index in [0.29, 0.717) is 22.7 Å². The van der Waals surface area contributed by atoms with Gasteiger partial charge in [0.25, 0.3) is 0 Å². The van der Waals surface area contributed by atoms with Crippen molar-refractivity contribution in [3.05, 3.63) is 219 Å². The third-order valence-electron chi connectivity index (χ3n) is 12.3. The molecule has 371 valence electrons. The molecule has 0 atom stereocenters. The molecule has 0 amide bonds. The molecule has 0 unspecified atom stereocenters. The van der Waals surface area contributed by atoms with E-state index in [1.165, 1.54) is 41.2 Å². The molecule has 0 aliphatic carbocycles. The smallest absolute Gasteiger partial charge is 0.0369 e. The molecule has 11 nitrogen and oxygen atoms in total. The number of aromatic nitrogens is 2. The van der Waals surface area contributed by atoms with Gasteiger partial charge in [0.15, 0.2) is 0 Å². The van der Waals surface area contributed by atoms with Gasteiger partial charge in [0.1, 0.15) is 0 Å². The number of anilines is 9. The molecule has 6 aromatic carbocycles. The van der Waals surface area contributed by atoms with Gasteiger partial charge in [0.2, 0.25) is 0 Å². The topological polar surface area (TPSA) is 102 Å². The van der Waals surface area contributed by atoms with Gasteiger partial charge in [0.05, 0.1) is 0 Å². The molecule has 11 rings (SSSR count). The number of benzene rings is 6. The summed E-state index contributed by atoms with van der Waals surface area (Å²) in [4.78, 5) is 21.8. The molecule has 0 saturated heterocycles. The van der Waals surface area contributed by atoms with Crippen molar-refractivity contribution in [2.24, 2.45) is 0 Å². The van der Waals surface area contributed by atoms with Crippen LogP contribution in [0.25, 0.3) is 11.4 Å². The molecule has 73 heavy (non-hydrogen) atoms. The van der Waals surface area contributed by atoms with Gasteiger partial charge in [-0.2, -0.15) is 92.8 Å². The molecule has 1 radical (unpaired) electrons. The SMILES string of the molecule is CN1[CH-]N(c2[c-]c(Oc3[c-]c(-c4[c-]cc(C#N)cn4)ncc3C#N)cc(C(C)(C)C)c2)c2ccccc21.[Ir].[Pt].[c-]1ccccc1N1[CH-]N(CCCCN2[CH-]N(c3[c-]cccc3)c3ccccc32)c2ccccc21. The first-order chi connectivity index (χ1) is 34.6. The molecule has 5 heterocycles. The number of rotatable bonds is 11. The molecule has 8 aromatic rings. The summed E-state index contributed by atoms with van der Waals surface area (Å²) in [7, 11) is 2.00. The fourth-order valence-corrected chi connectivity index (χ4v) is 8.65. The molecule has 0 spiro atoms. The Morgan fingerprint density at radius 3 is 1.62 bits per heavy atom. The van der Waals surface area contributed by atoms with Crippen LogP contribution in [-0.4, -0.2) is 30.1 Å². The summed E-state index contributed by atoms with van der Waals surface area (Å²) in [6.45, 7) is 14.8. The van der Waals surface area contributed by atoms with Gasteiger partial charge in [-0.15, -0.1) is 52.2 Å². The summed E-state index contributed by atoms with van der Waals surface area (Å²) in [5, 5.41) is 18.7. The Balaban J connectivity index is 0.000000190. The van der Waals surface area contributed by atoms with Crippen LogP contribution in [0.4, 0.5) is 51.2 Å². The van der Waals surface area contributed by atoms with E-state index in [9.17, 15) is 5.26 Å². The van der Waals surface area contributed by atoms with E-state index >= 15 is 0 Å². The molecule has 0 saturated carbocycles. The minimum absolute atomic E-state index is 0. The predicted molar refractivity (Wildman–Crippen MR) is 280 cm³/mol. The van der Waals surface area contributed by atoms with Crippen LogP contribution >= 0.6 is 0 Å². The number of nitrogens with zero attached hydrogens (tertiary/aromatic N) is 10. The normalized spacial score (nSPS) is 13.1. The fourth-order valence-electron chi connectivity index (χ4n) is 8.65. The van der Waals surface area contributed by atoms with Crippen LogP contribution in [0.2, 0.25) is 0 Å². The van der Waals surface area contributed by atoms with E-state index in [1.54, 1.807) is 0 Å². The second kappa shape index (κ2) is 23.0. The largest absolute Gasteiger partial charge is 0.509 e. The average molecular weight is 1310 g/mol. The monoisotopic (exact) mass is 1310 g/mol. The minimum Gasteiger partial charge on any atom is -0.509 e. The van der Waals surface area contributed by atoms with Crippen molar-refractivity contribution < 1.29 is 45.9 Å². The van der Waals surface area contributed by atoms with Crippen molar-refractivity contribution in [1.29, 1.82) is 10.5 Å². The molecule has 13 heteroatoms. The van der Waals surface area contributed by atoms with Crippen molar-refractivity contribution >= 4 is 51.2 Å². The summed E-state index contributed by atoms with van der Waals surface area (Å²) in [5.74, 6) is 0.660. The van der Waals surface area contributed by atoms with Gasteiger partial charge in [-0.1, -0.05) is 57.2 Å². The Hall–Kier alpha value is -7.46. The van der Waals surface area contributed by atoms with Gasteiger partial charge in [-0.05, 0) is 92.7 Å². The first kappa shape index (κ1) is 51.9. The van der Waals surface area contributed by atoms with Gasteiger partial charge in [-0.3, -0.25) is 0 Å². The Labute approximate surface area is 457 Å². The van der Waals surface area contributed by atoms with E-state index in [4.69, 9.17) is 10.00 Å². The van der Waals surface area contributed by atoms with E-state index in [0.717, 1.165) is 59.9 Å². The standard InChI is InChI=1S/C30H22N6O.C30H26N4.Ir.Pt/c1-30(2,3)22-11-23(36-19-35(4)27-7-5-6-8-28(27)36)13-24(12-22)37-29-14-26(34-18-21(29)16-32)25-10-9-20(15-31)17-33-25;1-3-13-25(14-4-1)33-23-31(27-17-7-9-19-29(27)33)21-11-12-22-32-24-34(26-15-5-2-6-16-26)30-20-10-8-18-28(30)32;;/h5-9,11-12,17-19H,1-4H3;1-10,13,15,17-20,23-24H,11-12,21-22H2;;/q2*-4;;. The zero-order chi connectivity index (χ0) is 48.9. The third kappa shape index (κ3) is 11.3. The zero-order valence-corrected chi connectivity index (χ0v) is 45.2. The summed E-state index contributed by atoms with van der Waals surface area (Å²) in [6, 6.07) is 67.4. The number of pyridine rings is 2. The van der Waals surface area contributed by atoms with Gasteiger partial charge in [0, 0.05) is 104 Å². The molecular formula is C60H48IrN10OPt-8. The first-order valence-corrected chi connectivity index (χ1v) is 23.4. The number of ether oxygens (including phenoxy) is 1. The molecular weight excluding hydrogens is 1260 g/mol. The number of unbranched alkanes of at least 4 members (excludes halogenated alkanes) is 1. The third-order valence-corrected chi connectivity index (χ3v) is 12.3. The maximum atomic E-state index is 9.70. The fraction of sp³-hybridized carbons (Fsp3) is 0.150. The molecule has 2 aromatic heterocycles. The Morgan fingerprint density at radius 1 is 0.589 bits per heavy atom. The summed E-state index contributed by atoms with van der Waals surface area (Å²) < 4.78 is 6.24. The van der Waals surface area contributed by atoms with Gasteiger partial charge < -0.3 is 44.1 Å². The van der Waals surface area contributed by atoms with Gasteiger partial charge >= 0.3 is 0 Å². The maximum absolute atomic E-state index is 9.70. The molecule has 3 aliphatic heterocycles. The van der Waals surface area contributed by atoms with Crippen LogP contribution in [0.15, 0.2) is 152 Å². The average Bonchev–Trinajstić information content (AvgIpc) is 4.09. The Morgan fingerprint density at radius 2 is 1.11 bits per heavy atom. The van der Waals surface area contributed by atoms with E-state index in [1.807, 2.05) is 62.3 Å². The molecule has 3 aliphatic rings. The van der Waals surface area contributed by atoms with Crippen LogP contribution in [0.1, 0.15) is 50.3 Å². The van der Waals surface area contributed by atoms with Crippen LogP contribution in [0, 0.1) is 73.0 Å². The Kier molecular flexibility index (Phi) is 16.3. The van der Waals surface area contributed by atoms with Crippen molar-refractivity contribution in [3.63, 3.8) is 0 Å². The number of fused-ring (bicyclic) bond motifs is 3. The van der Waals surface area contributed by atoms with Crippen molar-refractivity contribution in [3.8, 4) is 35.0 Å². The number of hydrogen-bond acceptors (Lipinski definition) is 11.